The molecule has 98 heavy (non-hydrogen) atoms. The highest BCUT2D eigenvalue weighted by Gasteiger charge is 2.30. The molecule has 0 aromatic carbocycles. The van der Waals surface area contributed by atoms with Gasteiger partial charge < -0.3 is 33.8 Å². The van der Waals surface area contributed by atoms with Crippen molar-refractivity contribution in [2.75, 3.05) is 39.6 Å². The molecule has 5 atom stereocenters. The normalized spacial score (nSPS) is 14.4. The van der Waals surface area contributed by atoms with Crippen molar-refractivity contribution in [1.82, 2.24) is 0 Å². The quantitative estimate of drug-likeness (QED) is 0.0128. The molecule has 0 fully saturated rings. The van der Waals surface area contributed by atoms with Gasteiger partial charge >= 0.3 is 39.5 Å². The minimum atomic E-state index is -4.98. The summed E-state index contributed by atoms with van der Waals surface area (Å²) in [5, 5.41) is 10.6. The standard InChI is InChI=1S/C79H140O17P2/c1-5-9-13-17-21-25-29-33-35-36-38-41-44-48-52-56-60-64-77(82)90-70-74(95-78(83)65-61-57-53-49-45-40-32-28-24-20-16-12-8-4)71-93-97(85,86)91-67-73(80)68-92-98(87,88)94-72-75(69-89-76(81)63-59-55-51-47-43-39-31-27-23-19-15-11-7-3)96-79(84)66-62-58-54-50-46-42-37-34-30-26-22-18-14-10-6-2/h21,25-27,30-31,33-35,37-38,41,48,52,73-75,80H,5-20,22-24,28-29,32,36,39-40,42-47,49-51,53-72H2,1-4H3,(H,85,86)(H,87,88)/b25-21-,30-26-,31-27-,35-33-,37-34-,41-38-,52-48-/t73-,74-,75-/m1/s1. The van der Waals surface area contributed by atoms with Crippen LogP contribution in [0.4, 0.5) is 0 Å². The molecule has 0 aliphatic rings. The Balaban J connectivity index is 5.39. The zero-order valence-electron chi connectivity index (χ0n) is 62.0. The molecule has 0 aliphatic heterocycles. The zero-order chi connectivity index (χ0) is 71.8. The van der Waals surface area contributed by atoms with Gasteiger partial charge in [-0.1, -0.05) is 280 Å². The van der Waals surface area contributed by atoms with Gasteiger partial charge in [-0.05, 0) is 116 Å². The number of aliphatic hydroxyl groups excluding tert-OH is 1. The van der Waals surface area contributed by atoms with E-state index in [1.165, 1.54) is 122 Å². The first-order valence-corrected chi connectivity index (χ1v) is 41.8. The van der Waals surface area contributed by atoms with Gasteiger partial charge in [0.2, 0.25) is 0 Å². The van der Waals surface area contributed by atoms with Crippen LogP contribution < -0.4 is 0 Å². The van der Waals surface area contributed by atoms with Gasteiger partial charge in [0, 0.05) is 25.7 Å². The van der Waals surface area contributed by atoms with E-state index < -0.39 is 97.5 Å². The molecule has 0 radical (unpaired) electrons. The molecule has 568 valence electrons. The number of phosphoric acid groups is 2. The van der Waals surface area contributed by atoms with Crippen LogP contribution in [0, 0.1) is 0 Å². The van der Waals surface area contributed by atoms with Crippen LogP contribution in [0.5, 0.6) is 0 Å². The number of unbranched alkanes of at least 4 members (excludes halogenated alkanes) is 34. The van der Waals surface area contributed by atoms with Gasteiger partial charge in [-0.3, -0.25) is 37.3 Å². The summed E-state index contributed by atoms with van der Waals surface area (Å²) >= 11 is 0. The second-order valence-electron chi connectivity index (χ2n) is 26.0. The highest BCUT2D eigenvalue weighted by Crippen LogP contribution is 2.45. The van der Waals surface area contributed by atoms with Gasteiger partial charge in [-0.15, -0.1) is 0 Å². The number of carbonyl (C=O) groups is 4. The van der Waals surface area contributed by atoms with Crippen molar-refractivity contribution in [1.29, 1.82) is 0 Å². The van der Waals surface area contributed by atoms with Crippen LogP contribution in [0.15, 0.2) is 85.1 Å². The molecule has 2 unspecified atom stereocenters. The maximum atomic E-state index is 13.1. The molecule has 19 heteroatoms. The number of ether oxygens (including phenoxy) is 4. The van der Waals surface area contributed by atoms with Crippen molar-refractivity contribution >= 4 is 39.5 Å². The Hall–Kier alpha value is -3.76. The first kappa shape index (κ1) is 94.2. The lowest BCUT2D eigenvalue weighted by Gasteiger charge is -2.21. The fourth-order valence-electron chi connectivity index (χ4n) is 10.4. The Bertz CT molecular complexity index is 2190. The van der Waals surface area contributed by atoms with E-state index in [-0.39, 0.29) is 25.7 Å². The Morgan fingerprint density at radius 3 is 0.908 bits per heavy atom. The molecule has 0 saturated carbocycles. The van der Waals surface area contributed by atoms with E-state index in [1.54, 1.807) is 0 Å². The van der Waals surface area contributed by atoms with E-state index in [0.29, 0.717) is 32.1 Å². The first-order chi connectivity index (χ1) is 47.7. The third kappa shape index (κ3) is 70.7. The summed E-state index contributed by atoms with van der Waals surface area (Å²) in [7, 11) is -9.96. The van der Waals surface area contributed by atoms with E-state index in [4.69, 9.17) is 37.0 Å². The predicted octanol–water partition coefficient (Wildman–Crippen LogP) is 22.2. The fraction of sp³-hybridized carbons (Fsp3) is 0.772. The number of rotatable bonds is 73. The van der Waals surface area contributed by atoms with Crippen molar-refractivity contribution in [2.24, 2.45) is 0 Å². The molecule has 0 aliphatic carbocycles. The molecule has 0 aromatic heterocycles. The summed E-state index contributed by atoms with van der Waals surface area (Å²) in [5.41, 5.74) is 0. The average Bonchev–Trinajstić information content (AvgIpc) is 0.962. The predicted molar refractivity (Wildman–Crippen MR) is 399 cm³/mol. The van der Waals surface area contributed by atoms with E-state index in [0.717, 1.165) is 128 Å². The highest BCUT2D eigenvalue weighted by atomic mass is 31.2. The van der Waals surface area contributed by atoms with Crippen LogP contribution in [0.3, 0.4) is 0 Å². The number of carbonyl (C=O) groups excluding carboxylic acids is 4. The van der Waals surface area contributed by atoms with Crippen molar-refractivity contribution in [3.05, 3.63) is 85.1 Å². The van der Waals surface area contributed by atoms with Crippen LogP contribution >= 0.6 is 15.6 Å². The second kappa shape index (κ2) is 71.6. The van der Waals surface area contributed by atoms with Gasteiger partial charge in [0.25, 0.3) is 0 Å². The number of hydrogen-bond acceptors (Lipinski definition) is 15. The highest BCUT2D eigenvalue weighted by molar-refractivity contribution is 7.47. The average molecular weight is 1420 g/mol. The maximum absolute atomic E-state index is 13.1. The van der Waals surface area contributed by atoms with Crippen molar-refractivity contribution < 1.29 is 80.2 Å². The molecule has 0 saturated heterocycles. The lowest BCUT2D eigenvalue weighted by molar-refractivity contribution is -0.161. The van der Waals surface area contributed by atoms with Gasteiger partial charge in [0.05, 0.1) is 26.4 Å². The van der Waals surface area contributed by atoms with E-state index in [9.17, 15) is 43.2 Å². The second-order valence-corrected chi connectivity index (χ2v) is 28.9. The van der Waals surface area contributed by atoms with Gasteiger partial charge in [-0.2, -0.15) is 0 Å². The molecule has 0 rings (SSSR count). The topological polar surface area (TPSA) is 237 Å². The summed E-state index contributed by atoms with van der Waals surface area (Å²) in [6, 6.07) is 0. The summed E-state index contributed by atoms with van der Waals surface area (Å²) in [6.07, 6.45) is 72.9. The summed E-state index contributed by atoms with van der Waals surface area (Å²) in [5.74, 6) is -2.25. The Morgan fingerprint density at radius 1 is 0.296 bits per heavy atom. The maximum Gasteiger partial charge on any atom is 0.472 e. The van der Waals surface area contributed by atoms with Crippen LogP contribution in [0.25, 0.3) is 0 Å². The van der Waals surface area contributed by atoms with Gasteiger partial charge in [0.15, 0.2) is 12.2 Å². The monoisotopic (exact) mass is 1420 g/mol. The summed E-state index contributed by atoms with van der Waals surface area (Å²) < 4.78 is 68.4. The third-order valence-corrected chi connectivity index (χ3v) is 18.3. The molecule has 17 nitrogen and oxygen atoms in total. The first-order valence-electron chi connectivity index (χ1n) is 38.8. The molecular weight excluding hydrogens is 1280 g/mol. The minimum absolute atomic E-state index is 0.0765. The van der Waals surface area contributed by atoms with E-state index in [2.05, 4.69) is 101 Å². The summed E-state index contributed by atoms with van der Waals surface area (Å²) in [4.78, 5) is 72.8. The van der Waals surface area contributed by atoms with Gasteiger partial charge in [-0.25, -0.2) is 9.13 Å². The molecule has 0 bridgehead atoms. The lowest BCUT2D eigenvalue weighted by atomic mass is 10.0. The Morgan fingerprint density at radius 2 is 0.541 bits per heavy atom. The van der Waals surface area contributed by atoms with Crippen LogP contribution in [0.2, 0.25) is 0 Å². The number of esters is 4. The van der Waals surface area contributed by atoms with Crippen molar-refractivity contribution in [2.45, 2.75) is 354 Å². The number of hydrogen-bond donors (Lipinski definition) is 3. The lowest BCUT2D eigenvalue weighted by Crippen LogP contribution is -2.30. The SMILES string of the molecule is CCCCC/C=C\C/C=C\C/C=C\C/C=C\CCCC(=O)OC[C@H](COP(=O)(O)OC[C@@H](O)COP(=O)(O)OC[C@@H](COC(=O)CCCCCCC/C=C\CCCCCC)OC(=O)CCCCCCC/C=C\C=C/CCCCCC)OC(=O)CCCCCCCCCCCCCCC. The number of aliphatic hydroxyl groups is 1. The molecular formula is C79H140O17P2. The molecule has 0 aromatic rings. The molecule has 0 amide bonds. The largest absolute Gasteiger partial charge is 0.472 e. The van der Waals surface area contributed by atoms with Crippen molar-refractivity contribution in [3.63, 3.8) is 0 Å². The zero-order valence-corrected chi connectivity index (χ0v) is 63.7. The summed E-state index contributed by atoms with van der Waals surface area (Å²) in [6.45, 7) is 4.75. The third-order valence-electron chi connectivity index (χ3n) is 16.4. The molecule has 3 N–H and O–H groups in total. The van der Waals surface area contributed by atoms with Gasteiger partial charge in [0.1, 0.15) is 19.3 Å². The van der Waals surface area contributed by atoms with Crippen LogP contribution in [-0.2, 0) is 65.4 Å². The van der Waals surface area contributed by atoms with Crippen molar-refractivity contribution in [3.8, 4) is 0 Å². The van der Waals surface area contributed by atoms with Crippen LogP contribution in [-0.4, -0.2) is 96.7 Å². The number of phosphoric ester groups is 2. The Labute approximate surface area is 595 Å². The Kier molecular flexibility index (Phi) is 68.9. The minimum Gasteiger partial charge on any atom is -0.462 e. The molecule has 0 heterocycles. The smallest absolute Gasteiger partial charge is 0.462 e. The molecule has 0 spiro atoms. The van der Waals surface area contributed by atoms with E-state index in [1.807, 2.05) is 12.2 Å². The van der Waals surface area contributed by atoms with E-state index >= 15 is 0 Å². The number of allylic oxidation sites excluding steroid dienone is 14. The fourth-order valence-corrected chi connectivity index (χ4v) is 12.0. The van der Waals surface area contributed by atoms with Crippen LogP contribution in [0.1, 0.15) is 336 Å².